The molecule has 59 heavy (non-hydrogen) atoms. The molecular formula is C56H31N3. The Morgan fingerprint density at radius 2 is 0.831 bits per heavy atom. The van der Waals surface area contributed by atoms with Gasteiger partial charge in [0.15, 0.2) is 0 Å². The lowest BCUT2D eigenvalue weighted by Crippen LogP contribution is -1.93. The SMILES string of the molecule is c1ccc(-n2c3ccccc3c3cc(-c4cc5ccccc5c5c6cccc7c8c9c%10cc%11ccccc%11c%11c%12ccccc%12n(c9ccc8n(c45)c76)c%10%11)ccc32)cc1. The molecule has 15 rings (SSSR count). The number of para-hydroxylation sites is 4. The molecule has 0 unspecified atom stereocenters. The van der Waals surface area contributed by atoms with Crippen LogP contribution in [0.5, 0.6) is 0 Å². The van der Waals surface area contributed by atoms with Gasteiger partial charge in [0.05, 0.1) is 44.1 Å². The molecule has 0 N–H and O–H groups in total. The van der Waals surface area contributed by atoms with Crippen molar-refractivity contribution in [3.8, 4) is 16.8 Å². The molecule has 0 aliphatic carbocycles. The smallest absolute Gasteiger partial charge is 0.0627 e. The summed E-state index contributed by atoms with van der Waals surface area (Å²) in [5.74, 6) is 0. The highest BCUT2D eigenvalue weighted by Gasteiger charge is 2.27. The lowest BCUT2D eigenvalue weighted by atomic mass is 9.94. The van der Waals surface area contributed by atoms with Gasteiger partial charge in [-0.3, -0.25) is 0 Å². The summed E-state index contributed by atoms with van der Waals surface area (Å²) in [5, 5.41) is 18.2. The van der Waals surface area contributed by atoms with E-state index in [0.29, 0.717) is 0 Å². The normalized spacial score (nSPS) is 12.7. The number of benzene rings is 10. The molecule has 3 nitrogen and oxygen atoms in total. The third kappa shape index (κ3) is 3.58. The van der Waals surface area contributed by atoms with Gasteiger partial charge in [0.2, 0.25) is 0 Å². The quantitative estimate of drug-likeness (QED) is 0.167. The van der Waals surface area contributed by atoms with Crippen molar-refractivity contribution in [2.75, 3.05) is 0 Å². The highest BCUT2D eigenvalue weighted by molar-refractivity contribution is 6.39. The minimum Gasteiger partial charge on any atom is -0.309 e. The summed E-state index contributed by atoms with van der Waals surface area (Å²) in [7, 11) is 0. The predicted molar refractivity (Wildman–Crippen MR) is 251 cm³/mol. The van der Waals surface area contributed by atoms with Crippen LogP contribution in [0.25, 0.3) is 136 Å². The topological polar surface area (TPSA) is 13.8 Å². The van der Waals surface area contributed by atoms with E-state index in [1.807, 2.05) is 0 Å². The van der Waals surface area contributed by atoms with Gasteiger partial charge in [-0.25, -0.2) is 0 Å². The minimum absolute atomic E-state index is 1.17. The number of hydrogen-bond donors (Lipinski definition) is 0. The van der Waals surface area contributed by atoms with E-state index in [0.717, 1.165) is 0 Å². The summed E-state index contributed by atoms with van der Waals surface area (Å²) in [6.07, 6.45) is 0. The van der Waals surface area contributed by atoms with Crippen molar-refractivity contribution in [1.82, 2.24) is 13.4 Å². The van der Waals surface area contributed by atoms with E-state index >= 15 is 0 Å². The van der Waals surface area contributed by atoms with Gasteiger partial charge in [-0.15, -0.1) is 0 Å². The number of aromatic nitrogens is 3. The Bertz CT molecular complexity index is 4290. The van der Waals surface area contributed by atoms with Gasteiger partial charge in [0, 0.05) is 65.1 Å². The molecule has 0 aliphatic heterocycles. The van der Waals surface area contributed by atoms with Crippen LogP contribution in [0.2, 0.25) is 0 Å². The van der Waals surface area contributed by atoms with Crippen molar-refractivity contribution in [1.29, 1.82) is 0 Å². The second-order valence-electron chi connectivity index (χ2n) is 16.4. The summed E-state index contributed by atoms with van der Waals surface area (Å²) in [5.41, 5.74) is 13.7. The zero-order valence-electron chi connectivity index (χ0n) is 31.7. The maximum absolute atomic E-state index is 2.61. The summed E-state index contributed by atoms with van der Waals surface area (Å²) >= 11 is 0. The minimum atomic E-state index is 1.17. The molecule has 0 atom stereocenters. The molecule has 0 radical (unpaired) electrons. The molecule has 10 aromatic carbocycles. The second-order valence-corrected chi connectivity index (χ2v) is 16.4. The van der Waals surface area contributed by atoms with Gasteiger partial charge in [0.1, 0.15) is 0 Å². The van der Waals surface area contributed by atoms with Crippen LogP contribution in [-0.4, -0.2) is 13.4 Å². The van der Waals surface area contributed by atoms with Crippen LogP contribution in [0.4, 0.5) is 0 Å². The van der Waals surface area contributed by atoms with Crippen LogP contribution in [-0.2, 0) is 0 Å². The average molecular weight is 746 g/mol. The third-order valence-electron chi connectivity index (χ3n) is 13.6. The summed E-state index contributed by atoms with van der Waals surface area (Å²) in [4.78, 5) is 0. The van der Waals surface area contributed by atoms with E-state index in [4.69, 9.17) is 0 Å². The van der Waals surface area contributed by atoms with Crippen molar-refractivity contribution in [2.24, 2.45) is 0 Å². The zero-order chi connectivity index (χ0) is 38.1. The molecule has 0 amide bonds. The first kappa shape index (κ1) is 30.3. The van der Waals surface area contributed by atoms with Gasteiger partial charge in [-0.1, -0.05) is 127 Å². The van der Waals surface area contributed by atoms with Crippen LogP contribution in [0.1, 0.15) is 0 Å². The van der Waals surface area contributed by atoms with Crippen molar-refractivity contribution < 1.29 is 0 Å². The van der Waals surface area contributed by atoms with E-state index in [-0.39, 0.29) is 0 Å². The predicted octanol–water partition coefficient (Wildman–Crippen LogP) is 15.1. The van der Waals surface area contributed by atoms with Crippen LogP contribution in [0.15, 0.2) is 188 Å². The Morgan fingerprint density at radius 3 is 1.63 bits per heavy atom. The van der Waals surface area contributed by atoms with Crippen LogP contribution >= 0.6 is 0 Å². The largest absolute Gasteiger partial charge is 0.309 e. The van der Waals surface area contributed by atoms with Gasteiger partial charge < -0.3 is 13.4 Å². The molecule has 0 aliphatic rings. The first-order chi connectivity index (χ1) is 29.3. The Labute approximate surface area is 336 Å². The van der Waals surface area contributed by atoms with Crippen molar-refractivity contribution >= 4 is 120 Å². The maximum atomic E-state index is 2.61. The van der Waals surface area contributed by atoms with Crippen LogP contribution in [0.3, 0.4) is 0 Å². The number of fused-ring (bicyclic) bond motifs is 20. The fourth-order valence-corrected chi connectivity index (χ4v) is 11.4. The molecule has 5 heterocycles. The molecule has 0 saturated carbocycles. The highest BCUT2D eigenvalue weighted by Crippen LogP contribution is 2.50. The molecular weight excluding hydrogens is 715 g/mol. The number of hydrogen-bond acceptors (Lipinski definition) is 0. The van der Waals surface area contributed by atoms with Gasteiger partial charge >= 0.3 is 0 Å². The van der Waals surface area contributed by atoms with E-state index < -0.39 is 0 Å². The Morgan fingerprint density at radius 1 is 0.271 bits per heavy atom. The standard InChI is InChI=1S/C56H31N3/c1-2-15-35(16-3-1)57-45-23-10-8-19-38(45)43-30-34(25-26-47(43)57)42-29-32-13-4-7-18-37(32)51-40-21-12-22-41-52-49(59(54(40)41)55(42)51)28-27-48-53(52)44-31-33-14-5-6-17-36(33)50-39-20-9-11-24-46(39)58(48)56(44)50/h1-31H. The molecule has 15 aromatic rings. The summed E-state index contributed by atoms with van der Waals surface area (Å²) in [6, 6.07) is 70.2. The molecule has 0 fully saturated rings. The van der Waals surface area contributed by atoms with E-state index in [1.54, 1.807) is 0 Å². The first-order valence-electron chi connectivity index (χ1n) is 20.5. The Hall–Kier alpha value is -7.88. The Kier molecular flexibility index (Phi) is 5.41. The average Bonchev–Trinajstić information content (AvgIpc) is 4.09. The number of rotatable bonds is 2. The van der Waals surface area contributed by atoms with Crippen molar-refractivity contribution in [3.63, 3.8) is 0 Å². The third-order valence-corrected chi connectivity index (χ3v) is 13.6. The monoisotopic (exact) mass is 745 g/mol. The lowest BCUT2D eigenvalue weighted by Gasteiger charge is -2.12. The van der Waals surface area contributed by atoms with E-state index in [2.05, 4.69) is 201 Å². The van der Waals surface area contributed by atoms with Gasteiger partial charge in [-0.05, 0) is 87.8 Å². The van der Waals surface area contributed by atoms with E-state index in [9.17, 15) is 0 Å². The number of nitrogens with zero attached hydrogens (tertiary/aromatic N) is 3. The highest BCUT2D eigenvalue weighted by atomic mass is 15.0. The van der Waals surface area contributed by atoms with Gasteiger partial charge in [-0.2, -0.15) is 0 Å². The van der Waals surface area contributed by atoms with Gasteiger partial charge in [0.25, 0.3) is 0 Å². The lowest BCUT2D eigenvalue weighted by molar-refractivity contribution is 1.18. The molecule has 0 spiro atoms. The molecule has 0 saturated heterocycles. The van der Waals surface area contributed by atoms with Crippen molar-refractivity contribution in [2.45, 2.75) is 0 Å². The zero-order valence-corrected chi connectivity index (χ0v) is 31.7. The van der Waals surface area contributed by atoms with Crippen molar-refractivity contribution in [3.05, 3.63) is 188 Å². The summed E-state index contributed by atoms with van der Waals surface area (Å²) < 4.78 is 7.55. The van der Waals surface area contributed by atoms with E-state index in [1.165, 1.54) is 136 Å². The van der Waals surface area contributed by atoms with Crippen LogP contribution in [0, 0.1) is 0 Å². The summed E-state index contributed by atoms with van der Waals surface area (Å²) in [6.45, 7) is 0. The van der Waals surface area contributed by atoms with Crippen LogP contribution < -0.4 is 0 Å². The fourth-order valence-electron chi connectivity index (χ4n) is 11.4. The fraction of sp³-hybridized carbons (Fsp3) is 0. The maximum Gasteiger partial charge on any atom is 0.0627 e. The molecule has 270 valence electrons. The Balaban J connectivity index is 1.13. The molecule has 3 heteroatoms. The molecule has 0 bridgehead atoms. The second kappa shape index (κ2) is 10.5. The first-order valence-corrected chi connectivity index (χ1v) is 20.5. The molecule has 5 aromatic heterocycles.